The molecule has 5 atom stereocenters. The van der Waals surface area contributed by atoms with Crippen molar-refractivity contribution >= 4 is 29.5 Å². The molecule has 0 aliphatic heterocycles. The fraction of sp³-hybridized carbons (Fsp3) is 0.720. The molecule has 0 spiro atoms. The molecule has 180 valence electrons. The summed E-state index contributed by atoms with van der Waals surface area (Å²) in [4.78, 5) is 29.3. The van der Waals surface area contributed by atoms with E-state index in [-0.39, 0.29) is 23.9 Å². The van der Waals surface area contributed by atoms with Crippen molar-refractivity contribution in [1.82, 2.24) is 10.3 Å². The highest BCUT2D eigenvalue weighted by Crippen LogP contribution is 2.60. The smallest absolute Gasteiger partial charge is 0.306 e. The van der Waals surface area contributed by atoms with Gasteiger partial charge < -0.3 is 20.8 Å². The van der Waals surface area contributed by atoms with Crippen LogP contribution in [0, 0.1) is 23.7 Å². The van der Waals surface area contributed by atoms with Gasteiger partial charge in [0.15, 0.2) is 0 Å². The Bertz CT molecular complexity index is 915. The van der Waals surface area contributed by atoms with Gasteiger partial charge in [0, 0.05) is 12.1 Å². The summed E-state index contributed by atoms with van der Waals surface area (Å²) in [5.74, 6) is 2.00. The van der Waals surface area contributed by atoms with Crippen molar-refractivity contribution in [2.24, 2.45) is 23.7 Å². The highest BCUT2D eigenvalue weighted by Gasteiger charge is 2.60. The lowest BCUT2D eigenvalue weighted by Gasteiger charge is -2.38. The van der Waals surface area contributed by atoms with Gasteiger partial charge in [0.05, 0.1) is 17.1 Å². The first-order chi connectivity index (χ1) is 15.8. The lowest BCUT2D eigenvalue weighted by molar-refractivity contribution is -0.142. The van der Waals surface area contributed by atoms with Gasteiger partial charge in [0.1, 0.15) is 10.8 Å². The summed E-state index contributed by atoms with van der Waals surface area (Å²) in [7, 11) is 0. The van der Waals surface area contributed by atoms with Crippen LogP contribution in [0.3, 0.4) is 0 Å². The topological polar surface area (TPSA) is 112 Å². The zero-order chi connectivity index (χ0) is 23.2. The maximum atomic E-state index is 13.3. The number of carbonyl (C=O) groups is 2. The second kappa shape index (κ2) is 9.10. The van der Waals surface area contributed by atoms with Crippen LogP contribution in [0.5, 0.6) is 0 Å². The molecule has 8 heteroatoms. The average Bonchev–Trinajstić information content (AvgIpc) is 3.16. The third kappa shape index (κ3) is 4.61. The minimum Gasteiger partial charge on any atom is -0.481 e. The number of carboxylic acid groups (broad SMARTS) is 1. The summed E-state index contributed by atoms with van der Waals surface area (Å²) in [6, 6.07) is 4.14. The summed E-state index contributed by atoms with van der Waals surface area (Å²) in [6.45, 7) is 2.12. The van der Waals surface area contributed by atoms with Crippen LogP contribution < -0.4 is 10.6 Å². The third-order valence-electron chi connectivity index (χ3n) is 8.35. The van der Waals surface area contributed by atoms with Crippen LogP contribution in [0.25, 0.3) is 0 Å². The van der Waals surface area contributed by atoms with Crippen molar-refractivity contribution in [2.75, 3.05) is 11.1 Å². The molecule has 5 saturated carbocycles. The number of hydrogen-bond acceptors (Lipinski definition) is 6. The van der Waals surface area contributed by atoms with Crippen molar-refractivity contribution in [2.45, 2.75) is 87.4 Å². The van der Waals surface area contributed by atoms with Gasteiger partial charge >= 0.3 is 5.97 Å². The van der Waals surface area contributed by atoms with Crippen LogP contribution in [0.15, 0.2) is 17.2 Å². The Morgan fingerprint density at radius 3 is 2.61 bits per heavy atom. The predicted octanol–water partition coefficient (Wildman–Crippen LogP) is 3.92. The normalized spacial score (nSPS) is 36.7. The molecule has 5 aliphatic carbocycles. The number of aliphatic carboxylic acids is 1. The van der Waals surface area contributed by atoms with E-state index in [9.17, 15) is 19.8 Å². The molecule has 1 heterocycles. The van der Waals surface area contributed by atoms with Gasteiger partial charge in [-0.2, -0.15) is 0 Å². The van der Waals surface area contributed by atoms with Crippen molar-refractivity contribution in [3.05, 3.63) is 17.7 Å². The number of rotatable bonds is 8. The molecule has 1 aromatic heterocycles. The Morgan fingerprint density at radius 2 is 1.91 bits per heavy atom. The molecule has 5 aliphatic rings. The van der Waals surface area contributed by atoms with E-state index in [1.165, 1.54) is 0 Å². The van der Waals surface area contributed by atoms with Crippen molar-refractivity contribution in [3.8, 4) is 0 Å². The molecule has 33 heavy (non-hydrogen) atoms. The summed E-state index contributed by atoms with van der Waals surface area (Å²) in [5.41, 5.74) is 0.143. The first-order valence-corrected chi connectivity index (χ1v) is 13.5. The number of aromatic nitrogens is 1. The monoisotopic (exact) mass is 473 g/mol. The first kappa shape index (κ1) is 23.0. The summed E-state index contributed by atoms with van der Waals surface area (Å²) >= 11 is 1.61. The van der Waals surface area contributed by atoms with Crippen LogP contribution in [0.4, 0.5) is 5.82 Å². The number of aliphatic hydroxyl groups is 1. The average molecular weight is 474 g/mol. The zero-order valence-corrected chi connectivity index (χ0v) is 20.1. The zero-order valence-electron chi connectivity index (χ0n) is 19.3. The summed E-state index contributed by atoms with van der Waals surface area (Å²) in [6.07, 6.45) is 7.66. The lowest BCUT2D eigenvalue weighted by atomic mass is 9.76. The number of nitrogens with one attached hydrogen (secondary N) is 2. The Hall–Kier alpha value is -1.80. The number of pyridine rings is 1. The van der Waals surface area contributed by atoms with E-state index in [2.05, 4.69) is 17.6 Å². The van der Waals surface area contributed by atoms with Crippen LogP contribution in [0.1, 0.15) is 75.1 Å². The van der Waals surface area contributed by atoms with E-state index >= 15 is 0 Å². The Morgan fingerprint density at radius 1 is 1.15 bits per heavy atom. The van der Waals surface area contributed by atoms with Gasteiger partial charge in [0.25, 0.3) is 5.91 Å². The second-order valence-electron chi connectivity index (χ2n) is 10.7. The molecule has 0 aromatic carbocycles. The number of thioether (sulfide) groups is 1. The maximum Gasteiger partial charge on any atom is 0.306 e. The van der Waals surface area contributed by atoms with E-state index in [0.717, 1.165) is 61.5 Å². The molecule has 1 aromatic rings. The standard InChI is InChI=1S/C25H35N3O4S/c1-2-9-33-23-18(7-8-20(27-23)26-17-5-3-14(4-6-17)24(30)31)22(29)28-21-16-10-15-11-25(32,12-16)13-19(15)21/h7-8,14-17,19,21,32H,2-6,9-13H2,1H3,(H,26,27)(H,28,29)(H,30,31)/t14?,15?,16?,17?,19?,21-,25-/m0/s1. The highest BCUT2D eigenvalue weighted by molar-refractivity contribution is 7.99. The highest BCUT2D eigenvalue weighted by atomic mass is 32.2. The molecule has 7 nitrogen and oxygen atoms in total. The molecule has 5 fully saturated rings. The largest absolute Gasteiger partial charge is 0.481 e. The molecular weight excluding hydrogens is 438 g/mol. The summed E-state index contributed by atoms with van der Waals surface area (Å²) < 4.78 is 0. The first-order valence-electron chi connectivity index (χ1n) is 12.5. The molecule has 6 rings (SSSR count). The predicted molar refractivity (Wildman–Crippen MR) is 127 cm³/mol. The Labute approximate surface area is 199 Å². The molecule has 3 unspecified atom stereocenters. The van der Waals surface area contributed by atoms with E-state index in [1.54, 1.807) is 11.8 Å². The van der Waals surface area contributed by atoms with Crippen LogP contribution in [-0.2, 0) is 4.79 Å². The molecule has 0 saturated heterocycles. The molecule has 1 amide bonds. The third-order valence-corrected chi connectivity index (χ3v) is 9.55. The van der Waals surface area contributed by atoms with E-state index in [0.29, 0.717) is 36.2 Å². The molecule has 0 radical (unpaired) electrons. The Kier molecular flexibility index (Phi) is 6.33. The number of anilines is 1. The van der Waals surface area contributed by atoms with Gasteiger partial charge in [-0.05, 0) is 93.4 Å². The van der Waals surface area contributed by atoms with Gasteiger partial charge in [-0.1, -0.05) is 6.92 Å². The van der Waals surface area contributed by atoms with Crippen LogP contribution >= 0.6 is 11.8 Å². The van der Waals surface area contributed by atoms with Crippen LogP contribution in [0.2, 0.25) is 0 Å². The molecular formula is C25H35N3O4S. The lowest BCUT2D eigenvalue weighted by Crippen LogP contribution is -2.48. The number of carbonyl (C=O) groups excluding carboxylic acids is 1. The SMILES string of the molecule is CCCSc1nc(NC2CCC(C(=O)O)CC2)ccc1C(=O)N[C@H]1C2CC3C[C@](O)(C2)CC31. The minimum atomic E-state index is -0.696. The van der Waals surface area contributed by atoms with E-state index in [1.807, 2.05) is 12.1 Å². The number of hydrogen-bond donors (Lipinski definition) is 4. The molecule has 4 N–H and O–H groups in total. The molecule has 4 bridgehead atoms. The number of nitrogens with zero attached hydrogens (tertiary/aromatic N) is 1. The number of carboxylic acids is 1. The van der Waals surface area contributed by atoms with Crippen LogP contribution in [-0.4, -0.2) is 50.5 Å². The number of amides is 1. The summed E-state index contributed by atoms with van der Waals surface area (Å²) in [5, 5.41) is 27.4. The van der Waals surface area contributed by atoms with E-state index < -0.39 is 11.6 Å². The van der Waals surface area contributed by atoms with Gasteiger partial charge in [-0.25, -0.2) is 4.98 Å². The second-order valence-corrected chi connectivity index (χ2v) is 11.8. The maximum absolute atomic E-state index is 13.3. The Balaban J connectivity index is 1.26. The van der Waals surface area contributed by atoms with Gasteiger partial charge in [-0.15, -0.1) is 11.8 Å². The van der Waals surface area contributed by atoms with Crippen molar-refractivity contribution < 1.29 is 19.8 Å². The van der Waals surface area contributed by atoms with E-state index in [4.69, 9.17) is 4.98 Å². The van der Waals surface area contributed by atoms with Gasteiger partial charge in [-0.3, -0.25) is 9.59 Å². The minimum absolute atomic E-state index is 0.0531. The quantitative estimate of drug-likeness (QED) is 0.424. The fourth-order valence-electron chi connectivity index (χ4n) is 6.91. The fourth-order valence-corrected chi connectivity index (χ4v) is 7.78. The van der Waals surface area contributed by atoms with Crippen molar-refractivity contribution in [3.63, 3.8) is 0 Å². The van der Waals surface area contributed by atoms with Crippen molar-refractivity contribution in [1.29, 1.82) is 0 Å². The van der Waals surface area contributed by atoms with Gasteiger partial charge in [0.2, 0.25) is 0 Å².